The number of amides is 1. The minimum absolute atomic E-state index is 0.0492. The maximum absolute atomic E-state index is 13.0. The standard InChI is InChI=1S/C20H25NO3/c1-14-7-6-12-20(13-14,24-3)19(22)21-17-10-11-18(23-2)16-9-5-4-8-15(16)17/h4-5,8-11,14H,6-7,12-13H2,1-3H3,(H,21,22)/t14-,20+/m0/s1. The lowest BCUT2D eigenvalue weighted by atomic mass is 9.78. The Labute approximate surface area is 143 Å². The summed E-state index contributed by atoms with van der Waals surface area (Å²) in [6.45, 7) is 2.18. The third kappa shape index (κ3) is 2.98. The fourth-order valence-corrected chi connectivity index (χ4v) is 3.78. The van der Waals surface area contributed by atoms with Crippen LogP contribution in [0.2, 0.25) is 0 Å². The lowest BCUT2D eigenvalue weighted by Gasteiger charge is -2.37. The SMILES string of the molecule is COc1ccc(NC(=O)[C@@]2(OC)CCC[C@H](C)C2)c2ccccc12. The number of carbonyl (C=O) groups is 1. The maximum Gasteiger partial charge on any atom is 0.256 e. The van der Waals surface area contributed by atoms with Crippen LogP contribution in [-0.2, 0) is 9.53 Å². The van der Waals surface area contributed by atoms with Crippen molar-refractivity contribution in [1.29, 1.82) is 0 Å². The van der Waals surface area contributed by atoms with Gasteiger partial charge in [0.15, 0.2) is 0 Å². The van der Waals surface area contributed by atoms with Gasteiger partial charge in [0.1, 0.15) is 11.4 Å². The Morgan fingerprint density at radius 3 is 2.58 bits per heavy atom. The van der Waals surface area contributed by atoms with Crippen molar-refractivity contribution in [3.05, 3.63) is 36.4 Å². The van der Waals surface area contributed by atoms with Crippen LogP contribution in [0.15, 0.2) is 36.4 Å². The molecular weight excluding hydrogens is 302 g/mol. The number of methoxy groups -OCH3 is 2. The third-order valence-corrected chi connectivity index (χ3v) is 5.11. The molecule has 2 atom stereocenters. The fraction of sp³-hybridized carbons (Fsp3) is 0.450. The van der Waals surface area contributed by atoms with Gasteiger partial charge in [-0.3, -0.25) is 4.79 Å². The van der Waals surface area contributed by atoms with Crippen LogP contribution in [-0.4, -0.2) is 25.7 Å². The van der Waals surface area contributed by atoms with Crippen LogP contribution in [0, 0.1) is 5.92 Å². The van der Waals surface area contributed by atoms with Crippen LogP contribution >= 0.6 is 0 Å². The van der Waals surface area contributed by atoms with Crippen LogP contribution in [0.1, 0.15) is 32.6 Å². The van der Waals surface area contributed by atoms with Gasteiger partial charge in [-0.25, -0.2) is 0 Å². The molecule has 0 unspecified atom stereocenters. The lowest BCUT2D eigenvalue weighted by Crippen LogP contribution is -2.47. The van der Waals surface area contributed by atoms with Crippen LogP contribution < -0.4 is 10.1 Å². The second kappa shape index (κ2) is 6.81. The number of benzene rings is 2. The van der Waals surface area contributed by atoms with Gasteiger partial charge in [0.05, 0.1) is 7.11 Å². The van der Waals surface area contributed by atoms with Crippen molar-refractivity contribution in [2.24, 2.45) is 5.92 Å². The number of hydrogen-bond donors (Lipinski definition) is 1. The second-order valence-corrected chi connectivity index (χ2v) is 6.72. The van der Waals surface area contributed by atoms with E-state index in [0.29, 0.717) is 5.92 Å². The van der Waals surface area contributed by atoms with Gasteiger partial charge in [-0.05, 0) is 37.3 Å². The normalized spacial score (nSPS) is 23.9. The first-order valence-electron chi connectivity index (χ1n) is 8.52. The number of hydrogen-bond acceptors (Lipinski definition) is 3. The predicted octanol–water partition coefficient (Wildman–Crippen LogP) is 4.38. The summed E-state index contributed by atoms with van der Waals surface area (Å²) in [6.07, 6.45) is 3.72. The fourth-order valence-electron chi connectivity index (χ4n) is 3.78. The molecule has 1 aliphatic carbocycles. The molecule has 0 bridgehead atoms. The molecule has 3 rings (SSSR count). The molecule has 128 valence electrons. The molecule has 0 radical (unpaired) electrons. The Kier molecular flexibility index (Phi) is 4.76. The maximum atomic E-state index is 13.0. The van der Waals surface area contributed by atoms with Gasteiger partial charge in [0.25, 0.3) is 5.91 Å². The van der Waals surface area contributed by atoms with Gasteiger partial charge in [-0.15, -0.1) is 0 Å². The van der Waals surface area contributed by atoms with E-state index in [2.05, 4.69) is 12.2 Å². The monoisotopic (exact) mass is 327 g/mol. The molecule has 0 aliphatic heterocycles. The van der Waals surface area contributed by atoms with Gasteiger partial charge in [0.2, 0.25) is 0 Å². The van der Waals surface area contributed by atoms with E-state index >= 15 is 0 Å². The topological polar surface area (TPSA) is 47.6 Å². The van der Waals surface area contributed by atoms with E-state index in [1.54, 1.807) is 14.2 Å². The van der Waals surface area contributed by atoms with Gasteiger partial charge < -0.3 is 14.8 Å². The zero-order valence-electron chi connectivity index (χ0n) is 14.6. The molecule has 4 nitrogen and oxygen atoms in total. The second-order valence-electron chi connectivity index (χ2n) is 6.72. The van der Waals surface area contributed by atoms with Gasteiger partial charge in [0, 0.05) is 23.6 Å². The molecule has 0 heterocycles. The molecule has 1 aliphatic rings. The molecule has 0 aromatic heterocycles. The molecule has 0 spiro atoms. The molecule has 1 saturated carbocycles. The number of carbonyl (C=O) groups excluding carboxylic acids is 1. The molecule has 1 fully saturated rings. The van der Waals surface area contributed by atoms with Crippen LogP contribution in [0.4, 0.5) is 5.69 Å². The minimum Gasteiger partial charge on any atom is -0.496 e. The zero-order chi connectivity index (χ0) is 17.2. The molecule has 1 N–H and O–H groups in total. The summed E-state index contributed by atoms with van der Waals surface area (Å²) in [5, 5.41) is 5.06. The number of nitrogens with one attached hydrogen (secondary N) is 1. The van der Waals surface area contributed by atoms with Crippen molar-refractivity contribution in [1.82, 2.24) is 0 Å². The van der Waals surface area contributed by atoms with E-state index < -0.39 is 5.60 Å². The molecule has 4 heteroatoms. The van der Waals surface area contributed by atoms with E-state index in [1.165, 1.54) is 0 Å². The average molecular weight is 327 g/mol. The summed E-state index contributed by atoms with van der Waals surface area (Å²) < 4.78 is 11.1. The van der Waals surface area contributed by atoms with Crippen LogP contribution in [0.25, 0.3) is 10.8 Å². The highest BCUT2D eigenvalue weighted by Crippen LogP contribution is 2.37. The van der Waals surface area contributed by atoms with E-state index in [0.717, 1.165) is 47.9 Å². The molecule has 24 heavy (non-hydrogen) atoms. The van der Waals surface area contributed by atoms with E-state index in [-0.39, 0.29) is 5.91 Å². The van der Waals surface area contributed by atoms with E-state index in [4.69, 9.17) is 9.47 Å². The Balaban J connectivity index is 1.93. The first-order chi connectivity index (χ1) is 11.6. The van der Waals surface area contributed by atoms with Crippen molar-refractivity contribution in [2.45, 2.75) is 38.2 Å². The summed E-state index contributed by atoms with van der Waals surface area (Å²) in [7, 11) is 3.30. The van der Waals surface area contributed by atoms with Crippen molar-refractivity contribution in [3.8, 4) is 5.75 Å². The highest BCUT2D eigenvalue weighted by Gasteiger charge is 2.42. The first-order valence-corrected chi connectivity index (χ1v) is 8.52. The van der Waals surface area contributed by atoms with Crippen molar-refractivity contribution >= 4 is 22.4 Å². The minimum atomic E-state index is -0.724. The summed E-state index contributed by atoms with van der Waals surface area (Å²) >= 11 is 0. The van der Waals surface area contributed by atoms with Gasteiger partial charge in [-0.2, -0.15) is 0 Å². The zero-order valence-corrected chi connectivity index (χ0v) is 14.6. The summed E-state index contributed by atoms with van der Waals surface area (Å²) in [4.78, 5) is 13.0. The number of ether oxygens (including phenoxy) is 2. The van der Waals surface area contributed by atoms with Crippen molar-refractivity contribution in [2.75, 3.05) is 19.5 Å². The molecular formula is C20H25NO3. The van der Waals surface area contributed by atoms with Crippen molar-refractivity contribution < 1.29 is 14.3 Å². The van der Waals surface area contributed by atoms with Crippen LogP contribution in [0.5, 0.6) is 5.75 Å². The molecule has 1 amide bonds. The smallest absolute Gasteiger partial charge is 0.256 e. The predicted molar refractivity (Wildman–Crippen MR) is 96.5 cm³/mol. The quantitative estimate of drug-likeness (QED) is 0.906. The Bertz CT molecular complexity index is 743. The largest absolute Gasteiger partial charge is 0.496 e. The number of rotatable bonds is 4. The van der Waals surface area contributed by atoms with Gasteiger partial charge >= 0.3 is 0 Å². The highest BCUT2D eigenvalue weighted by atomic mass is 16.5. The third-order valence-electron chi connectivity index (χ3n) is 5.11. The average Bonchev–Trinajstić information content (AvgIpc) is 2.61. The van der Waals surface area contributed by atoms with E-state index in [9.17, 15) is 4.79 Å². The summed E-state index contributed by atoms with van der Waals surface area (Å²) in [6, 6.07) is 11.7. The molecule has 2 aromatic carbocycles. The number of anilines is 1. The molecule has 2 aromatic rings. The van der Waals surface area contributed by atoms with E-state index in [1.807, 2.05) is 36.4 Å². The van der Waals surface area contributed by atoms with Gasteiger partial charge in [-0.1, -0.05) is 37.6 Å². The van der Waals surface area contributed by atoms with Crippen molar-refractivity contribution in [3.63, 3.8) is 0 Å². The summed E-state index contributed by atoms with van der Waals surface area (Å²) in [5.41, 5.74) is 0.0738. The molecule has 0 saturated heterocycles. The number of fused-ring (bicyclic) bond motifs is 1. The Morgan fingerprint density at radius 1 is 1.17 bits per heavy atom. The lowest BCUT2D eigenvalue weighted by molar-refractivity contribution is -0.143. The Hall–Kier alpha value is -2.07. The summed E-state index contributed by atoms with van der Waals surface area (Å²) in [5.74, 6) is 1.25. The highest BCUT2D eigenvalue weighted by molar-refractivity contribution is 6.06. The first kappa shape index (κ1) is 16.8. The van der Waals surface area contributed by atoms with Crippen LogP contribution in [0.3, 0.4) is 0 Å². The Morgan fingerprint density at radius 2 is 1.92 bits per heavy atom.